The predicted molar refractivity (Wildman–Crippen MR) is 74.0 cm³/mol. The van der Waals surface area contributed by atoms with Gasteiger partial charge in [-0.15, -0.1) is 0 Å². The van der Waals surface area contributed by atoms with E-state index in [1.54, 1.807) is 0 Å². The van der Waals surface area contributed by atoms with Gasteiger partial charge in [0.1, 0.15) is 11.5 Å². The number of benzene rings is 1. The second-order valence-electron chi connectivity index (χ2n) is 4.96. The van der Waals surface area contributed by atoms with Gasteiger partial charge in [-0.2, -0.15) is 0 Å². The molecular weight excluding hydrogens is 246 g/mol. The normalized spacial score (nSPS) is 21.9. The third-order valence-corrected chi connectivity index (χ3v) is 3.81. The molecule has 1 aromatic heterocycles. The zero-order valence-corrected chi connectivity index (χ0v) is 11.1. The summed E-state index contributed by atoms with van der Waals surface area (Å²) in [7, 11) is 0. The van der Waals surface area contributed by atoms with E-state index in [0.717, 1.165) is 28.1 Å². The predicted octanol–water partition coefficient (Wildman–Crippen LogP) is 4.67. The molecule has 3 rings (SSSR count). The number of hydrogen-bond donors (Lipinski definition) is 1. The molecule has 0 saturated heterocycles. The topological polar surface area (TPSA) is 25.2 Å². The third kappa shape index (κ3) is 2.39. The molecule has 1 N–H and O–H groups in total. The van der Waals surface area contributed by atoms with Crippen molar-refractivity contribution in [3.8, 4) is 0 Å². The number of nitrogens with one attached hydrogen (secondary N) is 1. The van der Waals surface area contributed by atoms with Crippen molar-refractivity contribution in [1.29, 1.82) is 0 Å². The summed E-state index contributed by atoms with van der Waals surface area (Å²) in [5, 5.41) is 4.02. The monoisotopic (exact) mass is 261 g/mol. The lowest BCUT2D eigenvalue weighted by atomic mass is 10.3. The summed E-state index contributed by atoms with van der Waals surface area (Å²) >= 11 is 6.08. The molecule has 1 aromatic carbocycles. The van der Waals surface area contributed by atoms with Crippen LogP contribution in [0.5, 0.6) is 0 Å². The molecule has 2 aromatic rings. The lowest BCUT2D eigenvalue weighted by Gasteiger charge is -2.05. The first kappa shape index (κ1) is 11.7. The van der Waals surface area contributed by atoms with Crippen LogP contribution in [-0.2, 0) is 6.54 Å². The Morgan fingerprint density at radius 3 is 2.78 bits per heavy atom. The highest BCUT2D eigenvalue weighted by Crippen LogP contribution is 2.47. The first-order chi connectivity index (χ1) is 8.74. The van der Waals surface area contributed by atoms with Gasteiger partial charge in [0, 0.05) is 5.92 Å². The molecule has 18 heavy (non-hydrogen) atoms. The van der Waals surface area contributed by atoms with Crippen LogP contribution in [0.4, 0.5) is 5.69 Å². The summed E-state index contributed by atoms with van der Waals surface area (Å²) in [4.78, 5) is 0. The molecule has 2 atom stereocenters. The number of halogens is 1. The Kier molecular flexibility index (Phi) is 3.04. The molecule has 0 bridgehead atoms. The summed E-state index contributed by atoms with van der Waals surface area (Å²) in [5.41, 5.74) is 0.942. The Morgan fingerprint density at radius 2 is 2.06 bits per heavy atom. The Labute approximate surface area is 112 Å². The molecule has 94 valence electrons. The first-order valence-electron chi connectivity index (χ1n) is 6.31. The van der Waals surface area contributed by atoms with E-state index in [1.165, 1.54) is 6.42 Å². The zero-order chi connectivity index (χ0) is 12.5. The first-order valence-corrected chi connectivity index (χ1v) is 6.69. The van der Waals surface area contributed by atoms with E-state index in [0.29, 0.717) is 12.5 Å². The fourth-order valence-electron chi connectivity index (χ4n) is 2.19. The second-order valence-corrected chi connectivity index (χ2v) is 5.36. The fraction of sp³-hybridized carbons (Fsp3) is 0.333. The van der Waals surface area contributed by atoms with Crippen LogP contribution in [0.1, 0.15) is 30.8 Å². The summed E-state index contributed by atoms with van der Waals surface area (Å²) < 4.78 is 5.83. The van der Waals surface area contributed by atoms with Crippen LogP contribution >= 0.6 is 11.6 Å². The molecule has 0 aliphatic heterocycles. The lowest BCUT2D eigenvalue weighted by Crippen LogP contribution is -1.98. The van der Waals surface area contributed by atoms with Crippen molar-refractivity contribution < 1.29 is 4.42 Å². The molecule has 1 aliphatic rings. The number of hydrogen-bond acceptors (Lipinski definition) is 2. The van der Waals surface area contributed by atoms with E-state index < -0.39 is 0 Å². The van der Waals surface area contributed by atoms with Crippen molar-refractivity contribution in [3.05, 3.63) is 52.9 Å². The minimum Gasteiger partial charge on any atom is -0.464 e. The van der Waals surface area contributed by atoms with Crippen LogP contribution in [-0.4, -0.2) is 0 Å². The SMILES string of the molecule is CC1CC1c1ccc(CNc2ccccc2Cl)o1. The molecule has 3 heteroatoms. The fourth-order valence-corrected chi connectivity index (χ4v) is 2.40. The highest BCUT2D eigenvalue weighted by molar-refractivity contribution is 6.33. The molecule has 0 radical (unpaired) electrons. The van der Waals surface area contributed by atoms with E-state index in [4.69, 9.17) is 16.0 Å². The van der Waals surface area contributed by atoms with Crippen LogP contribution < -0.4 is 5.32 Å². The molecule has 2 nitrogen and oxygen atoms in total. The van der Waals surface area contributed by atoms with E-state index >= 15 is 0 Å². The molecule has 1 heterocycles. The van der Waals surface area contributed by atoms with Gasteiger partial charge < -0.3 is 9.73 Å². The van der Waals surface area contributed by atoms with Crippen LogP contribution in [0.25, 0.3) is 0 Å². The highest BCUT2D eigenvalue weighted by Gasteiger charge is 2.36. The quantitative estimate of drug-likeness (QED) is 0.865. The summed E-state index contributed by atoms with van der Waals surface area (Å²) in [5.74, 6) is 3.50. The second kappa shape index (κ2) is 4.69. The smallest absolute Gasteiger partial charge is 0.123 e. The molecule has 1 saturated carbocycles. The standard InChI is InChI=1S/C15H16ClNO/c1-10-8-12(10)15-7-6-11(18-15)9-17-14-5-3-2-4-13(14)16/h2-7,10,12,17H,8-9H2,1H3. The summed E-state index contributed by atoms with van der Waals surface area (Å²) in [6, 6.07) is 11.9. The molecule has 1 aliphatic carbocycles. The van der Waals surface area contributed by atoms with E-state index in [9.17, 15) is 0 Å². The molecular formula is C15H16ClNO. The maximum atomic E-state index is 6.08. The number of anilines is 1. The van der Waals surface area contributed by atoms with Crippen molar-refractivity contribution in [2.45, 2.75) is 25.8 Å². The summed E-state index contributed by atoms with van der Waals surface area (Å²) in [6.07, 6.45) is 1.25. The van der Waals surface area contributed by atoms with Crippen molar-refractivity contribution in [1.82, 2.24) is 0 Å². The molecule has 0 spiro atoms. The van der Waals surface area contributed by atoms with Gasteiger partial charge >= 0.3 is 0 Å². The van der Waals surface area contributed by atoms with Gasteiger partial charge in [0.05, 0.1) is 17.3 Å². The van der Waals surface area contributed by atoms with Gasteiger partial charge in [-0.1, -0.05) is 30.7 Å². The van der Waals surface area contributed by atoms with Crippen molar-refractivity contribution in [3.63, 3.8) is 0 Å². The third-order valence-electron chi connectivity index (χ3n) is 3.48. The summed E-state index contributed by atoms with van der Waals surface area (Å²) in [6.45, 7) is 2.93. The van der Waals surface area contributed by atoms with Gasteiger partial charge in [0.25, 0.3) is 0 Å². The lowest BCUT2D eigenvalue weighted by molar-refractivity contribution is 0.468. The van der Waals surface area contributed by atoms with Crippen molar-refractivity contribution in [2.75, 3.05) is 5.32 Å². The Morgan fingerprint density at radius 1 is 1.28 bits per heavy atom. The Bertz CT molecular complexity index is 549. The van der Waals surface area contributed by atoms with Crippen LogP contribution in [0.3, 0.4) is 0 Å². The average molecular weight is 262 g/mol. The van der Waals surface area contributed by atoms with Gasteiger partial charge in [-0.3, -0.25) is 0 Å². The van der Waals surface area contributed by atoms with E-state index in [1.807, 2.05) is 30.3 Å². The maximum absolute atomic E-state index is 6.08. The molecule has 1 fully saturated rings. The Hall–Kier alpha value is -1.41. The van der Waals surface area contributed by atoms with Crippen molar-refractivity contribution >= 4 is 17.3 Å². The van der Waals surface area contributed by atoms with Gasteiger partial charge in [0.15, 0.2) is 0 Å². The largest absolute Gasteiger partial charge is 0.464 e. The maximum Gasteiger partial charge on any atom is 0.123 e. The molecule has 0 amide bonds. The van der Waals surface area contributed by atoms with E-state index in [-0.39, 0.29) is 0 Å². The van der Waals surface area contributed by atoms with Gasteiger partial charge in [-0.25, -0.2) is 0 Å². The van der Waals surface area contributed by atoms with Crippen LogP contribution in [0.2, 0.25) is 5.02 Å². The highest BCUT2D eigenvalue weighted by atomic mass is 35.5. The van der Waals surface area contributed by atoms with Crippen molar-refractivity contribution in [2.24, 2.45) is 5.92 Å². The number of para-hydroxylation sites is 1. The number of furan rings is 1. The Balaban J connectivity index is 1.63. The minimum absolute atomic E-state index is 0.638. The van der Waals surface area contributed by atoms with Gasteiger partial charge in [0.2, 0.25) is 0 Å². The van der Waals surface area contributed by atoms with E-state index in [2.05, 4.69) is 18.3 Å². The molecule has 2 unspecified atom stereocenters. The average Bonchev–Trinajstić information content (AvgIpc) is 2.91. The zero-order valence-electron chi connectivity index (χ0n) is 10.3. The number of rotatable bonds is 4. The van der Waals surface area contributed by atoms with Crippen LogP contribution in [0.15, 0.2) is 40.8 Å². The van der Waals surface area contributed by atoms with Gasteiger partial charge in [-0.05, 0) is 36.6 Å². The van der Waals surface area contributed by atoms with Crippen LogP contribution in [0, 0.1) is 5.92 Å². The minimum atomic E-state index is 0.638.